The van der Waals surface area contributed by atoms with Crippen molar-refractivity contribution in [1.82, 2.24) is 15.0 Å². The third kappa shape index (κ3) is 3.99. The molecule has 7 nitrogen and oxygen atoms in total. The van der Waals surface area contributed by atoms with Crippen LogP contribution in [0.4, 0.5) is 17.6 Å². The summed E-state index contributed by atoms with van der Waals surface area (Å²) in [5, 5.41) is 4.26. The van der Waals surface area contributed by atoms with E-state index in [-0.39, 0.29) is 0 Å². The van der Waals surface area contributed by atoms with Gasteiger partial charge in [0.25, 0.3) is 0 Å². The maximum atomic E-state index is 6.31. The van der Waals surface area contributed by atoms with Crippen LogP contribution in [0.2, 0.25) is 5.02 Å². The van der Waals surface area contributed by atoms with E-state index in [1.165, 1.54) is 0 Å². The van der Waals surface area contributed by atoms with Crippen molar-refractivity contribution >= 4 is 29.2 Å². The molecular weight excluding hydrogens is 352 g/mol. The Morgan fingerprint density at radius 2 is 1.96 bits per heavy atom. The van der Waals surface area contributed by atoms with Crippen molar-refractivity contribution in [3.05, 3.63) is 35.6 Å². The molecule has 0 spiro atoms. The Hall–Kier alpha value is -2.12. The Morgan fingerprint density at radius 3 is 2.81 bits per heavy atom. The van der Waals surface area contributed by atoms with Gasteiger partial charge in [0.05, 0.1) is 18.2 Å². The van der Waals surface area contributed by atoms with Crippen molar-refractivity contribution < 1.29 is 4.74 Å². The summed E-state index contributed by atoms with van der Waals surface area (Å²) in [5.41, 5.74) is 0. The summed E-state index contributed by atoms with van der Waals surface area (Å²) in [7, 11) is 0. The summed E-state index contributed by atoms with van der Waals surface area (Å²) in [4.78, 5) is 18.0. The zero-order valence-electron chi connectivity index (χ0n) is 14.6. The van der Waals surface area contributed by atoms with Gasteiger partial charge in [-0.05, 0) is 31.0 Å². The topological polar surface area (TPSA) is 66.4 Å². The lowest BCUT2D eigenvalue weighted by Crippen LogP contribution is -2.43. The van der Waals surface area contributed by atoms with Gasteiger partial charge in [0.2, 0.25) is 5.95 Å². The first kappa shape index (κ1) is 17.3. The van der Waals surface area contributed by atoms with E-state index in [9.17, 15) is 0 Å². The van der Waals surface area contributed by atoms with Crippen molar-refractivity contribution in [3.8, 4) is 0 Å². The quantitative estimate of drug-likeness (QED) is 0.881. The molecule has 2 aromatic heterocycles. The van der Waals surface area contributed by atoms with Crippen LogP contribution in [-0.2, 0) is 4.74 Å². The lowest BCUT2D eigenvalue weighted by atomic mass is 10.1. The van der Waals surface area contributed by atoms with Crippen molar-refractivity contribution in [2.45, 2.75) is 18.9 Å². The molecule has 2 saturated heterocycles. The molecule has 0 amide bonds. The monoisotopic (exact) mass is 374 g/mol. The largest absolute Gasteiger partial charge is 0.378 e. The summed E-state index contributed by atoms with van der Waals surface area (Å²) in [6.45, 7) is 4.94. The Balaban J connectivity index is 1.43. The number of ether oxygens (including phenoxy) is 1. The molecule has 1 N–H and O–H groups in total. The number of nitrogens with one attached hydrogen (secondary N) is 1. The molecule has 0 radical (unpaired) electrons. The Morgan fingerprint density at radius 1 is 1.08 bits per heavy atom. The highest BCUT2D eigenvalue weighted by Crippen LogP contribution is 2.26. The number of rotatable bonds is 4. The van der Waals surface area contributed by atoms with Crippen LogP contribution in [0, 0.1) is 0 Å². The number of aromatic nitrogens is 3. The Kier molecular flexibility index (Phi) is 5.36. The molecule has 2 aliphatic rings. The minimum Gasteiger partial charge on any atom is -0.378 e. The van der Waals surface area contributed by atoms with E-state index in [1.807, 2.05) is 24.4 Å². The molecule has 0 saturated carbocycles. The number of anilines is 3. The van der Waals surface area contributed by atoms with Gasteiger partial charge in [0.15, 0.2) is 0 Å². The molecule has 26 heavy (non-hydrogen) atoms. The van der Waals surface area contributed by atoms with Crippen LogP contribution in [0.1, 0.15) is 12.8 Å². The maximum Gasteiger partial charge on any atom is 0.227 e. The van der Waals surface area contributed by atoms with Crippen molar-refractivity contribution in [2.75, 3.05) is 54.5 Å². The van der Waals surface area contributed by atoms with Gasteiger partial charge in [-0.2, -0.15) is 4.98 Å². The normalized spacial score (nSPS) is 20.9. The van der Waals surface area contributed by atoms with Crippen molar-refractivity contribution in [3.63, 3.8) is 0 Å². The van der Waals surface area contributed by atoms with Crippen LogP contribution in [0.5, 0.6) is 0 Å². The lowest BCUT2D eigenvalue weighted by Gasteiger charge is -2.34. The predicted octanol–water partition coefficient (Wildman–Crippen LogP) is 2.44. The molecule has 1 atom stereocenters. The second kappa shape index (κ2) is 8.05. The molecule has 0 aliphatic carbocycles. The highest BCUT2D eigenvalue weighted by molar-refractivity contribution is 6.32. The summed E-state index contributed by atoms with van der Waals surface area (Å²) < 4.78 is 5.40. The number of piperidine rings is 1. The molecule has 8 heteroatoms. The number of morpholine rings is 1. The molecule has 0 bridgehead atoms. The highest BCUT2D eigenvalue weighted by atomic mass is 35.5. The number of hydrogen-bond donors (Lipinski definition) is 1. The van der Waals surface area contributed by atoms with E-state index in [0.29, 0.717) is 11.1 Å². The average molecular weight is 375 g/mol. The van der Waals surface area contributed by atoms with Gasteiger partial charge in [-0.3, -0.25) is 0 Å². The van der Waals surface area contributed by atoms with E-state index < -0.39 is 0 Å². The minimum atomic E-state index is 0.300. The highest BCUT2D eigenvalue weighted by Gasteiger charge is 2.23. The van der Waals surface area contributed by atoms with Crippen molar-refractivity contribution in [1.29, 1.82) is 0 Å². The SMILES string of the molecule is Clc1cccnc1N1CCCC(Nc2ccnc(N3CCOCC3)n2)C1. The second-order valence-corrected chi connectivity index (χ2v) is 6.99. The number of hydrogen-bond acceptors (Lipinski definition) is 7. The molecule has 2 aromatic rings. The van der Waals surface area contributed by atoms with Crippen LogP contribution < -0.4 is 15.1 Å². The molecule has 4 rings (SSSR count). The van der Waals surface area contributed by atoms with Gasteiger partial charge >= 0.3 is 0 Å². The van der Waals surface area contributed by atoms with E-state index in [1.54, 1.807) is 6.20 Å². The summed E-state index contributed by atoms with van der Waals surface area (Å²) in [6, 6.07) is 5.98. The zero-order valence-corrected chi connectivity index (χ0v) is 15.4. The number of halogens is 1. The third-order valence-electron chi connectivity index (χ3n) is 4.75. The first-order valence-corrected chi connectivity index (χ1v) is 9.45. The van der Waals surface area contributed by atoms with E-state index in [4.69, 9.17) is 21.3 Å². The Labute approximate surface area is 158 Å². The van der Waals surface area contributed by atoms with Crippen LogP contribution in [0.15, 0.2) is 30.6 Å². The maximum absolute atomic E-state index is 6.31. The first-order chi connectivity index (χ1) is 12.8. The van der Waals surface area contributed by atoms with Crippen LogP contribution in [0.25, 0.3) is 0 Å². The van der Waals surface area contributed by atoms with Gasteiger partial charge in [-0.25, -0.2) is 9.97 Å². The smallest absolute Gasteiger partial charge is 0.227 e. The van der Waals surface area contributed by atoms with Gasteiger partial charge in [0, 0.05) is 44.6 Å². The van der Waals surface area contributed by atoms with Crippen LogP contribution >= 0.6 is 11.6 Å². The molecule has 4 heterocycles. The summed E-state index contributed by atoms with van der Waals surface area (Å²) in [5.74, 6) is 2.48. The Bertz CT molecular complexity index is 739. The van der Waals surface area contributed by atoms with Gasteiger partial charge in [0.1, 0.15) is 11.6 Å². The van der Waals surface area contributed by atoms with E-state index in [2.05, 4.69) is 25.1 Å². The standard InChI is InChI=1S/C18H23ClN6O/c19-15-4-1-6-20-17(15)25-8-2-3-14(13-25)22-16-5-7-21-18(23-16)24-9-11-26-12-10-24/h1,4-7,14H,2-3,8-13H2,(H,21,22,23). The molecule has 1 unspecified atom stereocenters. The lowest BCUT2D eigenvalue weighted by molar-refractivity contribution is 0.122. The summed E-state index contributed by atoms with van der Waals surface area (Å²) in [6.07, 6.45) is 5.79. The van der Waals surface area contributed by atoms with Gasteiger partial charge < -0.3 is 19.9 Å². The molecule has 2 aliphatic heterocycles. The van der Waals surface area contributed by atoms with Gasteiger partial charge in [-0.15, -0.1) is 0 Å². The predicted molar refractivity (Wildman–Crippen MR) is 103 cm³/mol. The molecule has 138 valence electrons. The molecule has 0 aromatic carbocycles. The van der Waals surface area contributed by atoms with E-state index >= 15 is 0 Å². The average Bonchev–Trinajstić information content (AvgIpc) is 2.69. The summed E-state index contributed by atoms with van der Waals surface area (Å²) >= 11 is 6.31. The van der Waals surface area contributed by atoms with Crippen LogP contribution in [0.3, 0.4) is 0 Å². The number of nitrogens with zero attached hydrogens (tertiary/aromatic N) is 5. The fraction of sp³-hybridized carbons (Fsp3) is 0.500. The molecule has 2 fully saturated rings. The molecular formula is C18H23ClN6O. The van der Waals surface area contributed by atoms with Crippen molar-refractivity contribution in [2.24, 2.45) is 0 Å². The van der Waals surface area contributed by atoms with Crippen LogP contribution in [-0.4, -0.2) is 60.4 Å². The zero-order chi connectivity index (χ0) is 17.8. The van der Waals surface area contributed by atoms with Gasteiger partial charge in [-0.1, -0.05) is 11.6 Å². The second-order valence-electron chi connectivity index (χ2n) is 6.58. The fourth-order valence-corrected chi connectivity index (χ4v) is 3.69. The minimum absolute atomic E-state index is 0.300. The first-order valence-electron chi connectivity index (χ1n) is 9.07. The third-order valence-corrected chi connectivity index (χ3v) is 5.04. The fourth-order valence-electron chi connectivity index (χ4n) is 3.45. The van der Waals surface area contributed by atoms with E-state index in [0.717, 1.165) is 69.8 Å². The number of pyridine rings is 1.